The Hall–Kier alpha value is -1.71. The molecule has 1 fully saturated rings. The number of aromatic nitrogens is 3. The highest BCUT2D eigenvalue weighted by molar-refractivity contribution is 5.55. The van der Waals surface area contributed by atoms with E-state index in [0.29, 0.717) is 17.3 Å². The zero-order valence-corrected chi connectivity index (χ0v) is 12.0. The predicted octanol–water partition coefficient (Wildman–Crippen LogP) is 4.21. The summed E-state index contributed by atoms with van der Waals surface area (Å²) in [5, 5.41) is 7.37. The molecule has 0 amide bonds. The van der Waals surface area contributed by atoms with Gasteiger partial charge in [-0.05, 0) is 49.4 Å². The molecule has 0 unspecified atom stereocenters. The van der Waals surface area contributed by atoms with E-state index in [0.717, 1.165) is 17.3 Å². The van der Waals surface area contributed by atoms with Crippen LogP contribution in [0.4, 0.5) is 4.39 Å². The van der Waals surface area contributed by atoms with E-state index < -0.39 is 0 Å². The van der Waals surface area contributed by atoms with Crippen molar-refractivity contribution >= 4 is 0 Å². The van der Waals surface area contributed by atoms with Gasteiger partial charge in [0.1, 0.15) is 11.6 Å². The molecule has 0 bridgehead atoms. The minimum Gasteiger partial charge on any atom is -0.262 e. The molecule has 20 heavy (non-hydrogen) atoms. The highest BCUT2D eigenvalue weighted by atomic mass is 19.1. The first kappa shape index (κ1) is 13.3. The van der Waals surface area contributed by atoms with Crippen LogP contribution in [0.2, 0.25) is 0 Å². The van der Waals surface area contributed by atoms with Gasteiger partial charge in [0.2, 0.25) is 0 Å². The van der Waals surface area contributed by atoms with Crippen molar-refractivity contribution in [1.82, 2.24) is 15.2 Å². The third-order valence-electron chi connectivity index (χ3n) is 4.24. The zero-order valence-electron chi connectivity index (χ0n) is 12.0. The van der Waals surface area contributed by atoms with Crippen molar-refractivity contribution in [3.05, 3.63) is 35.4 Å². The number of nitrogens with one attached hydrogen (secondary N) is 1. The molecule has 1 saturated carbocycles. The Bertz CT molecular complexity index is 606. The van der Waals surface area contributed by atoms with Gasteiger partial charge >= 0.3 is 0 Å². The second-order valence-corrected chi connectivity index (χ2v) is 5.98. The number of H-pyrrole nitrogens is 1. The van der Waals surface area contributed by atoms with Crippen LogP contribution in [0.5, 0.6) is 0 Å². The maximum atomic E-state index is 13.3. The van der Waals surface area contributed by atoms with Crippen molar-refractivity contribution in [3.8, 4) is 11.4 Å². The molecule has 0 saturated heterocycles. The van der Waals surface area contributed by atoms with Crippen LogP contribution in [-0.4, -0.2) is 15.2 Å². The van der Waals surface area contributed by atoms with Crippen molar-refractivity contribution in [2.24, 2.45) is 5.92 Å². The lowest BCUT2D eigenvalue weighted by Crippen LogP contribution is -2.12. The minimum absolute atomic E-state index is 0.189. The van der Waals surface area contributed by atoms with Crippen molar-refractivity contribution in [3.63, 3.8) is 0 Å². The van der Waals surface area contributed by atoms with Gasteiger partial charge < -0.3 is 0 Å². The van der Waals surface area contributed by atoms with Crippen LogP contribution in [0.15, 0.2) is 18.2 Å². The Morgan fingerprint density at radius 3 is 2.90 bits per heavy atom. The van der Waals surface area contributed by atoms with E-state index in [4.69, 9.17) is 0 Å². The standard InChI is InChI=1S/C16H20FN3/c1-10-4-3-5-12(8-10)15-18-16(20-19-15)13-6-7-14(17)11(2)9-13/h6-7,9-10,12H,3-5,8H2,1-2H3,(H,18,19,20)/t10-,12+/m1/s1. The fourth-order valence-electron chi connectivity index (χ4n) is 3.05. The molecule has 0 radical (unpaired) electrons. The van der Waals surface area contributed by atoms with Gasteiger partial charge in [-0.1, -0.05) is 19.8 Å². The SMILES string of the molecule is Cc1cc(-c2n[nH]c([C@H]3CCC[C@@H](C)C3)n2)ccc1F. The molecule has 3 nitrogen and oxygen atoms in total. The fraction of sp³-hybridized carbons (Fsp3) is 0.500. The van der Waals surface area contributed by atoms with Gasteiger partial charge in [-0.15, -0.1) is 0 Å². The summed E-state index contributed by atoms with van der Waals surface area (Å²) in [6.07, 6.45) is 4.94. The van der Waals surface area contributed by atoms with Gasteiger partial charge in [-0.2, -0.15) is 5.10 Å². The van der Waals surface area contributed by atoms with Gasteiger partial charge in [0.25, 0.3) is 0 Å². The van der Waals surface area contributed by atoms with Crippen LogP contribution >= 0.6 is 0 Å². The van der Waals surface area contributed by atoms with Crippen LogP contribution in [0.1, 0.15) is 49.9 Å². The summed E-state index contributed by atoms with van der Waals surface area (Å²) >= 11 is 0. The normalized spacial score (nSPS) is 22.9. The molecule has 1 aliphatic rings. The average Bonchev–Trinajstić information content (AvgIpc) is 2.92. The van der Waals surface area contributed by atoms with Crippen LogP contribution in [0.3, 0.4) is 0 Å². The van der Waals surface area contributed by atoms with Crippen molar-refractivity contribution in [2.75, 3.05) is 0 Å². The van der Waals surface area contributed by atoms with Gasteiger partial charge in [0.15, 0.2) is 5.82 Å². The van der Waals surface area contributed by atoms with E-state index in [2.05, 4.69) is 22.1 Å². The summed E-state index contributed by atoms with van der Waals surface area (Å²) < 4.78 is 13.3. The number of hydrogen-bond acceptors (Lipinski definition) is 2. The molecule has 0 spiro atoms. The smallest absolute Gasteiger partial charge is 0.181 e. The van der Waals surface area contributed by atoms with E-state index in [9.17, 15) is 4.39 Å². The second-order valence-electron chi connectivity index (χ2n) is 5.98. The predicted molar refractivity (Wildman–Crippen MR) is 76.9 cm³/mol. The minimum atomic E-state index is -0.189. The molecule has 1 aromatic heterocycles. The monoisotopic (exact) mass is 273 g/mol. The lowest BCUT2D eigenvalue weighted by molar-refractivity contribution is 0.335. The topological polar surface area (TPSA) is 41.6 Å². The first-order valence-electron chi connectivity index (χ1n) is 7.32. The highest BCUT2D eigenvalue weighted by Crippen LogP contribution is 2.34. The molecule has 106 valence electrons. The van der Waals surface area contributed by atoms with Crippen LogP contribution < -0.4 is 0 Å². The highest BCUT2D eigenvalue weighted by Gasteiger charge is 2.23. The number of hydrogen-bond donors (Lipinski definition) is 1. The molecule has 0 aliphatic heterocycles. The van der Waals surface area contributed by atoms with E-state index >= 15 is 0 Å². The van der Waals surface area contributed by atoms with E-state index in [1.54, 1.807) is 19.1 Å². The van der Waals surface area contributed by atoms with E-state index in [1.165, 1.54) is 31.7 Å². The number of halogens is 1. The third kappa shape index (κ3) is 2.60. The second kappa shape index (κ2) is 5.35. The van der Waals surface area contributed by atoms with E-state index in [-0.39, 0.29) is 5.82 Å². The summed E-state index contributed by atoms with van der Waals surface area (Å²) in [4.78, 5) is 4.62. The molecule has 4 heteroatoms. The summed E-state index contributed by atoms with van der Waals surface area (Å²) in [7, 11) is 0. The van der Waals surface area contributed by atoms with Gasteiger partial charge in [0.05, 0.1) is 0 Å². The van der Waals surface area contributed by atoms with Crippen LogP contribution in [0, 0.1) is 18.7 Å². The third-order valence-corrected chi connectivity index (χ3v) is 4.24. The Balaban J connectivity index is 1.84. The lowest BCUT2D eigenvalue weighted by atomic mass is 9.82. The first-order valence-corrected chi connectivity index (χ1v) is 7.32. The van der Waals surface area contributed by atoms with Crippen LogP contribution in [-0.2, 0) is 0 Å². The van der Waals surface area contributed by atoms with Crippen molar-refractivity contribution in [2.45, 2.75) is 45.4 Å². The van der Waals surface area contributed by atoms with Gasteiger partial charge in [0, 0.05) is 11.5 Å². The molecule has 1 heterocycles. The fourth-order valence-corrected chi connectivity index (χ4v) is 3.05. The number of benzene rings is 1. The van der Waals surface area contributed by atoms with Crippen LogP contribution in [0.25, 0.3) is 11.4 Å². The molecule has 1 aromatic carbocycles. The van der Waals surface area contributed by atoms with Crippen molar-refractivity contribution < 1.29 is 4.39 Å². The summed E-state index contributed by atoms with van der Waals surface area (Å²) in [5.74, 6) is 2.71. The summed E-state index contributed by atoms with van der Waals surface area (Å²) in [5.41, 5.74) is 1.50. The molecule has 3 rings (SSSR count). The molecular weight excluding hydrogens is 253 g/mol. The molecule has 2 atom stereocenters. The molecule has 2 aromatic rings. The van der Waals surface area contributed by atoms with Gasteiger partial charge in [-0.25, -0.2) is 9.37 Å². The maximum absolute atomic E-state index is 13.3. The quantitative estimate of drug-likeness (QED) is 0.890. The van der Waals surface area contributed by atoms with Crippen molar-refractivity contribution in [1.29, 1.82) is 0 Å². The number of nitrogens with zero attached hydrogens (tertiary/aromatic N) is 2. The first-order chi connectivity index (χ1) is 9.63. The number of aryl methyl sites for hydroxylation is 1. The Morgan fingerprint density at radius 1 is 1.30 bits per heavy atom. The Kier molecular flexibility index (Phi) is 3.55. The molecule has 1 aliphatic carbocycles. The van der Waals surface area contributed by atoms with Gasteiger partial charge in [-0.3, -0.25) is 5.10 Å². The zero-order chi connectivity index (χ0) is 14.1. The average molecular weight is 273 g/mol. The Morgan fingerprint density at radius 2 is 2.15 bits per heavy atom. The largest absolute Gasteiger partial charge is 0.262 e. The summed E-state index contributed by atoms with van der Waals surface area (Å²) in [6.45, 7) is 4.06. The molecule has 1 N–H and O–H groups in total. The van der Waals surface area contributed by atoms with E-state index in [1.807, 2.05) is 0 Å². The molecular formula is C16H20FN3. The maximum Gasteiger partial charge on any atom is 0.181 e. The number of aromatic amines is 1. The number of rotatable bonds is 2. The lowest BCUT2D eigenvalue weighted by Gasteiger charge is -2.24. The Labute approximate surface area is 118 Å². The summed E-state index contributed by atoms with van der Waals surface area (Å²) in [6, 6.07) is 5.01.